The molecule has 37 heavy (non-hydrogen) atoms. The van der Waals surface area contributed by atoms with E-state index >= 15 is 0 Å². The Morgan fingerprint density at radius 1 is 1.11 bits per heavy atom. The Kier molecular flexibility index (Phi) is 6.44. The SMILES string of the molecule is COc1cc(-c2n[nH]c(-c3cc(C)c(C4CCN(CC5CCC5)CC4)cn3)c2C(C)C)cn2ncnc12. The first-order valence-corrected chi connectivity index (χ1v) is 13.7. The van der Waals surface area contributed by atoms with Gasteiger partial charge >= 0.3 is 0 Å². The van der Waals surface area contributed by atoms with Crippen LogP contribution in [0.25, 0.3) is 28.3 Å². The molecule has 1 aliphatic heterocycles. The second-order valence-corrected chi connectivity index (χ2v) is 11.1. The quantitative estimate of drug-likeness (QED) is 0.356. The Morgan fingerprint density at radius 3 is 2.59 bits per heavy atom. The van der Waals surface area contributed by atoms with Crippen molar-refractivity contribution in [1.82, 2.24) is 34.7 Å². The highest BCUT2D eigenvalue weighted by atomic mass is 16.5. The van der Waals surface area contributed by atoms with Gasteiger partial charge < -0.3 is 9.64 Å². The molecule has 0 aromatic carbocycles. The molecular formula is C29H37N7O. The molecule has 1 saturated carbocycles. The highest BCUT2D eigenvalue weighted by molar-refractivity contribution is 5.75. The number of ether oxygens (including phenoxy) is 1. The summed E-state index contributed by atoms with van der Waals surface area (Å²) in [6.45, 7) is 10.4. The first-order valence-electron chi connectivity index (χ1n) is 13.7. The smallest absolute Gasteiger partial charge is 0.197 e. The summed E-state index contributed by atoms with van der Waals surface area (Å²) in [4.78, 5) is 11.9. The van der Waals surface area contributed by atoms with Crippen LogP contribution in [0.1, 0.15) is 74.5 Å². The molecule has 1 saturated heterocycles. The summed E-state index contributed by atoms with van der Waals surface area (Å²) in [6, 6.07) is 4.22. The number of likely N-dealkylation sites (tertiary alicyclic amines) is 1. The van der Waals surface area contributed by atoms with Crippen LogP contribution in [0.2, 0.25) is 0 Å². The number of pyridine rings is 2. The molecule has 0 unspecified atom stereocenters. The molecule has 4 aromatic rings. The topological polar surface area (TPSA) is 84.2 Å². The van der Waals surface area contributed by atoms with Gasteiger partial charge in [-0.1, -0.05) is 20.3 Å². The van der Waals surface area contributed by atoms with Gasteiger partial charge in [0.05, 0.1) is 24.2 Å². The molecule has 5 heterocycles. The second kappa shape index (κ2) is 9.89. The molecule has 2 aliphatic rings. The molecule has 0 bridgehead atoms. The molecule has 8 nitrogen and oxygen atoms in total. The lowest BCUT2D eigenvalue weighted by atomic mass is 9.83. The average molecular weight is 500 g/mol. The van der Waals surface area contributed by atoms with Gasteiger partial charge in [0, 0.05) is 30.1 Å². The molecule has 0 amide bonds. The molecule has 4 aromatic heterocycles. The summed E-state index contributed by atoms with van der Waals surface area (Å²) in [5.41, 5.74) is 8.30. The summed E-state index contributed by atoms with van der Waals surface area (Å²) in [7, 11) is 1.65. The normalized spacial score (nSPS) is 17.5. The van der Waals surface area contributed by atoms with Crippen LogP contribution >= 0.6 is 0 Å². The van der Waals surface area contributed by atoms with E-state index in [0.29, 0.717) is 17.3 Å². The maximum absolute atomic E-state index is 5.58. The zero-order chi connectivity index (χ0) is 25.5. The van der Waals surface area contributed by atoms with Crippen molar-refractivity contribution in [3.05, 3.63) is 47.5 Å². The zero-order valence-corrected chi connectivity index (χ0v) is 22.4. The number of aryl methyl sites for hydroxylation is 1. The van der Waals surface area contributed by atoms with E-state index in [0.717, 1.165) is 34.1 Å². The minimum absolute atomic E-state index is 0.253. The summed E-state index contributed by atoms with van der Waals surface area (Å²) >= 11 is 0. The summed E-state index contributed by atoms with van der Waals surface area (Å²) in [5, 5.41) is 12.4. The fourth-order valence-corrected chi connectivity index (χ4v) is 6.10. The van der Waals surface area contributed by atoms with Crippen LogP contribution < -0.4 is 4.74 Å². The van der Waals surface area contributed by atoms with Crippen LogP contribution in [0, 0.1) is 12.8 Å². The van der Waals surface area contributed by atoms with E-state index in [1.807, 2.05) is 12.3 Å². The van der Waals surface area contributed by atoms with Crippen LogP contribution in [-0.2, 0) is 0 Å². The maximum Gasteiger partial charge on any atom is 0.197 e. The molecule has 0 spiro atoms. The van der Waals surface area contributed by atoms with Gasteiger partial charge in [0.1, 0.15) is 6.33 Å². The first-order chi connectivity index (χ1) is 18.0. The van der Waals surface area contributed by atoms with Crippen molar-refractivity contribution in [3.63, 3.8) is 0 Å². The molecule has 8 heteroatoms. The average Bonchev–Trinajstić information content (AvgIpc) is 3.53. The third kappa shape index (κ3) is 4.52. The molecular weight excluding hydrogens is 462 g/mol. The number of hydrogen-bond donors (Lipinski definition) is 1. The monoisotopic (exact) mass is 499 g/mol. The van der Waals surface area contributed by atoms with Crippen molar-refractivity contribution in [3.8, 4) is 28.4 Å². The molecule has 0 atom stereocenters. The number of H-pyrrole nitrogens is 1. The third-order valence-electron chi connectivity index (χ3n) is 8.39. The number of nitrogens with one attached hydrogen (secondary N) is 1. The van der Waals surface area contributed by atoms with Crippen molar-refractivity contribution in [1.29, 1.82) is 0 Å². The van der Waals surface area contributed by atoms with Gasteiger partial charge in [-0.2, -0.15) is 10.2 Å². The van der Waals surface area contributed by atoms with Gasteiger partial charge in [0.15, 0.2) is 11.4 Å². The molecule has 1 aliphatic carbocycles. The van der Waals surface area contributed by atoms with Gasteiger partial charge in [0.2, 0.25) is 0 Å². The number of aromatic nitrogens is 6. The Balaban J connectivity index is 1.27. The Bertz CT molecular complexity index is 1390. The van der Waals surface area contributed by atoms with Crippen molar-refractivity contribution >= 4 is 5.65 Å². The number of aromatic amines is 1. The van der Waals surface area contributed by atoms with Crippen LogP contribution in [0.3, 0.4) is 0 Å². The lowest BCUT2D eigenvalue weighted by Gasteiger charge is -2.37. The van der Waals surface area contributed by atoms with Crippen molar-refractivity contribution < 1.29 is 4.74 Å². The highest BCUT2D eigenvalue weighted by Gasteiger charge is 2.27. The van der Waals surface area contributed by atoms with Crippen molar-refractivity contribution in [2.45, 2.75) is 64.7 Å². The summed E-state index contributed by atoms with van der Waals surface area (Å²) in [5.74, 6) is 2.48. The molecule has 1 N–H and O–H groups in total. The van der Waals surface area contributed by atoms with E-state index in [1.54, 1.807) is 11.6 Å². The lowest BCUT2D eigenvalue weighted by molar-refractivity contribution is 0.147. The molecule has 2 fully saturated rings. The lowest BCUT2D eigenvalue weighted by Crippen LogP contribution is -2.38. The predicted octanol–water partition coefficient (Wildman–Crippen LogP) is 5.60. The van der Waals surface area contributed by atoms with Crippen LogP contribution in [0.4, 0.5) is 0 Å². The van der Waals surface area contributed by atoms with E-state index in [9.17, 15) is 0 Å². The molecule has 0 radical (unpaired) electrons. The highest BCUT2D eigenvalue weighted by Crippen LogP contribution is 2.38. The fourth-order valence-electron chi connectivity index (χ4n) is 6.10. The number of rotatable bonds is 7. The number of fused-ring (bicyclic) bond motifs is 1. The van der Waals surface area contributed by atoms with Crippen molar-refractivity contribution in [2.24, 2.45) is 5.92 Å². The Morgan fingerprint density at radius 2 is 1.92 bits per heavy atom. The Labute approximate surface area is 218 Å². The van der Waals surface area contributed by atoms with Crippen molar-refractivity contribution in [2.75, 3.05) is 26.7 Å². The van der Waals surface area contributed by atoms with E-state index in [-0.39, 0.29) is 5.92 Å². The fraction of sp³-hybridized carbons (Fsp3) is 0.517. The van der Waals surface area contributed by atoms with E-state index in [2.05, 4.69) is 53.1 Å². The van der Waals surface area contributed by atoms with Gasteiger partial charge in [-0.15, -0.1) is 0 Å². The number of piperidine rings is 1. The van der Waals surface area contributed by atoms with E-state index in [4.69, 9.17) is 14.8 Å². The van der Waals surface area contributed by atoms with Crippen LogP contribution in [0.5, 0.6) is 5.75 Å². The van der Waals surface area contributed by atoms with Gasteiger partial charge in [0.25, 0.3) is 0 Å². The predicted molar refractivity (Wildman–Crippen MR) is 145 cm³/mol. The minimum Gasteiger partial charge on any atom is -0.493 e. The molecule has 6 rings (SSSR count). The maximum atomic E-state index is 5.58. The van der Waals surface area contributed by atoms with Gasteiger partial charge in [-0.25, -0.2) is 9.50 Å². The van der Waals surface area contributed by atoms with Crippen LogP contribution in [0.15, 0.2) is 30.9 Å². The number of nitrogens with zero attached hydrogens (tertiary/aromatic N) is 6. The standard InChI is InChI=1S/C29H37N7O/c1-18(2)26-27(22-13-25(37-4)29-31-17-32-36(29)16-22)33-34-28(26)24-12-19(3)23(14-30-24)21-8-10-35(11-9-21)15-20-6-5-7-20/h12-14,16-18,20-21H,5-11,15H2,1-4H3,(H,33,34). The zero-order valence-electron chi connectivity index (χ0n) is 22.4. The second-order valence-electron chi connectivity index (χ2n) is 11.1. The summed E-state index contributed by atoms with van der Waals surface area (Å²) < 4.78 is 7.32. The van der Waals surface area contributed by atoms with E-state index < -0.39 is 0 Å². The van der Waals surface area contributed by atoms with Crippen LogP contribution in [-0.4, -0.2) is 61.4 Å². The molecule has 194 valence electrons. The van der Waals surface area contributed by atoms with Gasteiger partial charge in [-0.05, 0) is 86.7 Å². The number of hydrogen-bond acceptors (Lipinski definition) is 6. The minimum atomic E-state index is 0.253. The number of methoxy groups -OCH3 is 1. The first kappa shape index (κ1) is 24.1. The third-order valence-corrected chi connectivity index (χ3v) is 8.39. The van der Waals surface area contributed by atoms with E-state index in [1.165, 1.54) is 69.2 Å². The Hall–Kier alpha value is -3.26. The largest absolute Gasteiger partial charge is 0.493 e. The summed E-state index contributed by atoms with van der Waals surface area (Å²) in [6.07, 6.45) is 12.4. The van der Waals surface area contributed by atoms with Gasteiger partial charge in [-0.3, -0.25) is 10.1 Å².